The van der Waals surface area contributed by atoms with E-state index in [1.54, 1.807) is 6.92 Å². The largest absolute Gasteiger partial charge is 0.481 e. The third-order valence-electron chi connectivity index (χ3n) is 3.56. The van der Waals surface area contributed by atoms with E-state index in [1.807, 2.05) is 0 Å². The first-order valence-electron chi connectivity index (χ1n) is 6.09. The van der Waals surface area contributed by atoms with E-state index in [0.29, 0.717) is 12.6 Å². The van der Waals surface area contributed by atoms with Crippen LogP contribution in [0, 0.1) is 11.8 Å². The summed E-state index contributed by atoms with van der Waals surface area (Å²) in [6.45, 7) is 4.62. The molecule has 0 heterocycles. The van der Waals surface area contributed by atoms with Gasteiger partial charge in [-0.15, -0.1) is 0 Å². The van der Waals surface area contributed by atoms with Crippen LogP contribution >= 0.6 is 0 Å². The third kappa shape index (κ3) is 4.20. The summed E-state index contributed by atoms with van der Waals surface area (Å²) in [5, 5.41) is 12.1. The Labute approximate surface area is 92.3 Å². The first-order valence-corrected chi connectivity index (χ1v) is 6.09. The van der Waals surface area contributed by atoms with Crippen molar-refractivity contribution in [2.75, 3.05) is 6.54 Å². The maximum absolute atomic E-state index is 10.6. The van der Waals surface area contributed by atoms with Crippen molar-refractivity contribution in [2.45, 2.75) is 52.0 Å². The zero-order valence-electron chi connectivity index (χ0n) is 9.83. The van der Waals surface area contributed by atoms with Crippen LogP contribution in [0.15, 0.2) is 0 Å². The predicted octanol–water partition coefficient (Wildman–Crippen LogP) is 2.27. The van der Waals surface area contributed by atoms with Gasteiger partial charge in [0.15, 0.2) is 0 Å². The molecule has 0 aromatic carbocycles. The van der Waals surface area contributed by atoms with Crippen molar-refractivity contribution in [2.24, 2.45) is 11.8 Å². The zero-order valence-corrected chi connectivity index (χ0v) is 9.83. The normalized spacial score (nSPS) is 28.7. The van der Waals surface area contributed by atoms with Crippen LogP contribution in [-0.4, -0.2) is 23.7 Å². The van der Waals surface area contributed by atoms with Crippen molar-refractivity contribution >= 4 is 5.97 Å². The molecule has 0 bridgehead atoms. The number of rotatable bonds is 5. The van der Waals surface area contributed by atoms with Crippen molar-refractivity contribution in [3.8, 4) is 0 Å². The fourth-order valence-electron chi connectivity index (χ4n) is 2.21. The van der Waals surface area contributed by atoms with Gasteiger partial charge in [0.05, 0.1) is 5.92 Å². The van der Waals surface area contributed by atoms with Crippen LogP contribution in [0.5, 0.6) is 0 Å². The van der Waals surface area contributed by atoms with Crippen LogP contribution in [0.25, 0.3) is 0 Å². The lowest BCUT2D eigenvalue weighted by molar-refractivity contribution is -0.141. The molecule has 88 valence electrons. The van der Waals surface area contributed by atoms with Crippen LogP contribution in [0.1, 0.15) is 46.0 Å². The van der Waals surface area contributed by atoms with Gasteiger partial charge in [-0.2, -0.15) is 0 Å². The van der Waals surface area contributed by atoms with Gasteiger partial charge in [0.2, 0.25) is 0 Å². The first kappa shape index (κ1) is 12.5. The van der Waals surface area contributed by atoms with E-state index in [4.69, 9.17) is 5.11 Å². The lowest BCUT2D eigenvalue weighted by Gasteiger charge is -2.29. The summed E-state index contributed by atoms with van der Waals surface area (Å²) in [5.74, 6) is -0.0708. The lowest BCUT2D eigenvalue weighted by atomic mass is 9.84. The van der Waals surface area contributed by atoms with E-state index in [-0.39, 0.29) is 5.92 Å². The van der Waals surface area contributed by atoms with Crippen LogP contribution in [0.4, 0.5) is 0 Å². The van der Waals surface area contributed by atoms with E-state index in [0.717, 1.165) is 5.92 Å². The Balaban J connectivity index is 2.16. The van der Waals surface area contributed by atoms with Crippen LogP contribution in [-0.2, 0) is 4.79 Å². The molecule has 1 aliphatic rings. The van der Waals surface area contributed by atoms with Crippen molar-refractivity contribution in [3.05, 3.63) is 0 Å². The SMILES string of the molecule is CCC1CCC(NCC(C)C(=O)O)CC1. The number of aliphatic carboxylic acids is 1. The second-order valence-electron chi connectivity index (χ2n) is 4.77. The summed E-state index contributed by atoms with van der Waals surface area (Å²) in [6, 6.07) is 0.551. The highest BCUT2D eigenvalue weighted by Crippen LogP contribution is 2.26. The third-order valence-corrected chi connectivity index (χ3v) is 3.56. The summed E-state index contributed by atoms with van der Waals surface area (Å²) in [5.41, 5.74) is 0. The molecule has 0 radical (unpaired) electrons. The minimum Gasteiger partial charge on any atom is -0.481 e. The fourth-order valence-corrected chi connectivity index (χ4v) is 2.21. The van der Waals surface area contributed by atoms with Gasteiger partial charge in [0.25, 0.3) is 0 Å². The Bertz CT molecular complexity index is 198. The van der Waals surface area contributed by atoms with Crippen molar-refractivity contribution in [1.29, 1.82) is 0 Å². The molecule has 0 saturated heterocycles. The molecule has 1 atom stereocenters. The summed E-state index contributed by atoms with van der Waals surface area (Å²) >= 11 is 0. The molecule has 0 amide bonds. The van der Waals surface area contributed by atoms with Gasteiger partial charge in [-0.1, -0.05) is 20.3 Å². The molecule has 0 aromatic rings. The summed E-state index contributed by atoms with van der Waals surface area (Å²) in [6.07, 6.45) is 6.32. The van der Waals surface area contributed by atoms with Gasteiger partial charge >= 0.3 is 5.97 Å². The number of carboxylic acid groups (broad SMARTS) is 1. The van der Waals surface area contributed by atoms with E-state index < -0.39 is 5.97 Å². The molecule has 3 nitrogen and oxygen atoms in total. The molecule has 0 aliphatic heterocycles. The number of carboxylic acids is 1. The first-order chi connectivity index (χ1) is 7.13. The average molecular weight is 213 g/mol. The highest BCUT2D eigenvalue weighted by atomic mass is 16.4. The Hall–Kier alpha value is -0.570. The minimum atomic E-state index is -0.704. The van der Waals surface area contributed by atoms with E-state index in [2.05, 4.69) is 12.2 Å². The van der Waals surface area contributed by atoms with Gasteiger partial charge in [0.1, 0.15) is 0 Å². The van der Waals surface area contributed by atoms with Crippen LogP contribution in [0.2, 0.25) is 0 Å². The Kier molecular flexibility index (Phi) is 5.09. The van der Waals surface area contributed by atoms with E-state index in [1.165, 1.54) is 32.1 Å². The molecular weight excluding hydrogens is 190 g/mol. The van der Waals surface area contributed by atoms with Gasteiger partial charge in [-0.05, 0) is 31.6 Å². The zero-order chi connectivity index (χ0) is 11.3. The molecule has 2 N–H and O–H groups in total. The molecular formula is C12H23NO2. The average Bonchev–Trinajstić information content (AvgIpc) is 2.26. The van der Waals surface area contributed by atoms with Gasteiger partial charge < -0.3 is 10.4 Å². The molecule has 0 aromatic heterocycles. The molecule has 1 saturated carbocycles. The molecule has 1 rings (SSSR count). The lowest BCUT2D eigenvalue weighted by Crippen LogP contribution is -2.37. The van der Waals surface area contributed by atoms with E-state index in [9.17, 15) is 4.79 Å². The topological polar surface area (TPSA) is 49.3 Å². The molecule has 15 heavy (non-hydrogen) atoms. The van der Waals surface area contributed by atoms with Gasteiger partial charge in [-0.25, -0.2) is 0 Å². The van der Waals surface area contributed by atoms with Crippen molar-refractivity contribution < 1.29 is 9.90 Å². The van der Waals surface area contributed by atoms with Crippen LogP contribution in [0.3, 0.4) is 0 Å². The summed E-state index contributed by atoms with van der Waals surface area (Å²) in [7, 11) is 0. The standard InChI is InChI=1S/C12H23NO2/c1-3-10-4-6-11(7-5-10)13-8-9(2)12(14)15/h9-11,13H,3-8H2,1-2H3,(H,14,15). The molecule has 1 fully saturated rings. The number of hydrogen-bond acceptors (Lipinski definition) is 2. The maximum atomic E-state index is 10.6. The van der Waals surface area contributed by atoms with Gasteiger partial charge in [-0.3, -0.25) is 4.79 Å². The molecule has 1 aliphatic carbocycles. The number of nitrogens with one attached hydrogen (secondary N) is 1. The van der Waals surface area contributed by atoms with Gasteiger partial charge in [0, 0.05) is 12.6 Å². The predicted molar refractivity (Wildman–Crippen MR) is 60.8 cm³/mol. The maximum Gasteiger partial charge on any atom is 0.307 e. The highest BCUT2D eigenvalue weighted by Gasteiger charge is 2.20. The molecule has 1 unspecified atom stereocenters. The van der Waals surface area contributed by atoms with E-state index >= 15 is 0 Å². The minimum absolute atomic E-state index is 0.270. The molecule has 0 spiro atoms. The summed E-state index contributed by atoms with van der Waals surface area (Å²) in [4.78, 5) is 10.6. The molecule has 3 heteroatoms. The second kappa shape index (κ2) is 6.11. The summed E-state index contributed by atoms with van der Waals surface area (Å²) < 4.78 is 0. The number of carbonyl (C=O) groups is 1. The Morgan fingerprint density at radius 1 is 1.40 bits per heavy atom. The quantitative estimate of drug-likeness (QED) is 0.736. The Morgan fingerprint density at radius 2 is 2.00 bits per heavy atom. The van der Waals surface area contributed by atoms with Crippen molar-refractivity contribution in [1.82, 2.24) is 5.32 Å². The number of hydrogen-bond donors (Lipinski definition) is 2. The van der Waals surface area contributed by atoms with Crippen LogP contribution < -0.4 is 5.32 Å². The monoisotopic (exact) mass is 213 g/mol. The second-order valence-corrected chi connectivity index (χ2v) is 4.77. The smallest absolute Gasteiger partial charge is 0.307 e. The highest BCUT2D eigenvalue weighted by molar-refractivity contribution is 5.69. The van der Waals surface area contributed by atoms with Crippen molar-refractivity contribution in [3.63, 3.8) is 0 Å². The fraction of sp³-hybridized carbons (Fsp3) is 0.917. The Morgan fingerprint density at radius 3 is 2.47 bits per heavy atom.